The number of nitrogens with one attached hydrogen (secondary N) is 2. The number of carbonyl (C=O) groups is 1. The summed E-state index contributed by atoms with van der Waals surface area (Å²) in [5.74, 6) is 0.465. The zero-order valence-electron chi connectivity index (χ0n) is 12.8. The van der Waals surface area contributed by atoms with E-state index in [1.807, 2.05) is 6.92 Å². The topological polar surface area (TPSA) is 79.4 Å². The zero-order valence-corrected chi connectivity index (χ0v) is 13.6. The number of nitrogens with zero attached hydrogens (tertiary/aromatic N) is 3. The van der Waals surface area contributed by atoms with Crippen LogP contribution in [0.25, 0.3) is 0 Å². The molecule has 0 aromatic carbocycles. The number of aromatic nitrogens is 2. The van der Waals surface area contributed by atoms with E-state index in [9.17, 15) is 4.79 Å². The quantitative estimate of drug-likeness (QED) is 0.857. The molecule has 0 bridgehead atoms. The molecule has 1 aromatic rings. The lowest BCUT2D eigenvalue weighted by Gasteiger charge is -2.36. The predicted octanol–water partition coefficient (Wildman–Crippen LogP) is 1.32. The molecular formula is C13H23N5O2S. The Bertz CT molecular complexity index is 459. The zero-order chi connectivity index (χ0) is 15.2. The first-order valence-corrected chi connectivity index (χ1v) is 8.04. The van der Waals surface area contributed by atoms with E-state index in [-0.39, 0.29) is 6.03 Å². The normalized spacial score (nSPS) is 17.7. The summed E-state index contributed by atoms with van der Waals surface area (Å²) in [6.45, 7) is 10.2. The van der Waals surface area contributed by atoms with Crippen molar-refractivity contribution in [3.8, 4) is 0 Å². The van der Waals surface area contributed by atoms with Crippen LogP contribution in [-0.2, 0) is 4.74 Å². The second kappa shape index (κ2) is 7.67. The van der Waals surface area contributed by atoms with E-state index in [1.165, 1.54) is 11.3 Å². The van der Waals surface area contributed by atoms with Crippen LogP contribution in [0.2, 0.25) is 0 Å². The molecule has 2 N–H and O–H groups in total. The van der Waals surface area contributed by atoms with Crippen LogP contribution in [0, 0.1) is 12.8 Å². The summed E-state index contributed by atoms with van der Waals surface area (Å²) in [6, 6.07) is 0.0841. The standard InChI is InChI=1S/C13H23N5O2S/c1-9(2)11(18-4-6-20-7-5-18)8-14-12(19)15-13-17-16-10(3)21-13/h9,11H,4-8H2,1-3H3,(H2,14,15,17,19)/t11-/m1/s1. The second-order valence-electron chi connectivity index (χ2n) is 5.42. The molecule has 1 aromatic heterocycles. The van der Waals surface area contributed by atoms with Crippen LogP contribution in [0.3, 0.4) is 0 Å². The molecule has 0 aliphatic carbocycles. The average molecular weight is 313 g/mol. The van der Waals surface area contributed by atoms with E-state index >= 15 is 0 Å². The van der Waals surface area contributed by atoms with Gasteiger partial charge in [-0.25, -0.2) is 4.79 Å². The summed E-state index contributed by atoms with van der Waals surface area (Å²) < 4.78 is 5.38. The van der Waals surface area contributed by atoms with Crippen molar-refractivity contribution >= 4 is 22.5 Å². The molecule has 0 unspecified atom stereocenters. The number of aryl methyl sites for hydroxylation is 1. The van der Waals surface area contributed by atoms with Gasteiger partial charge in [0.2, 0.25) is 5.13 Å². The Hall–Kier alpha value is -1.25. The fourth-order valence-corrected chi connectivity index (χ4v) is 2.97. The molecule has 7 nitrogen and oxygen atoms in total. The second-order valence-corrected chi connectivity index (χ2v) is 6.60. The van der Waals surface area contributed by atoms with Crippen molar-refractivity contribution in [1.29, 1.82) is 0 Å². The lowest BCUT2D eigenvalue weighted by Crippen LogP contribution is -2.51. The first kappa shape index (κ1) is 16.1. The fourth-order valence-electron chi connectivity index (χ4n) is 2.38. The van der Waals surface area contributed by atoms with E-state index in [0.717, 1.165) is 31.3 Å². The number of hydrogen-bond donors (Lipinski definition) is 2. The summed E-state index contributed by atoms with van der Waals surface area (Å²) in [7, 11) is 0. The van der Waals surface area contributed by atoms with Crippen LogP contribution in [-0.4, -0.2) is 60.0 Å². The van der Waals surface area contributed by atoms with E-state index in [1.54, 1.807) is 0 Å². The van der Waals surface area contributed by atoms with E-state index in [2.05, 4.69) is 39.6 Å². The molecule has 2 heterocycles. The SMILES string of the molecule is Cc1nnc(NC(=O)NC[C@H](C(C)C)N2CCOCC2)s1. The minimum absolute atomic E-state index is 0.231. The van der Waals surface area contributed by atoms with E-state index in [0.29, 0.717) is 23.6 Å². The Morgan fingerprint density at radius 3 is 2.67 bits per heavy atom. The van der Waals surface area contributed by atoms with Crippen molar-refractivity contribution in [2.45, 2.75) is 26.8 Å². The maximum absolute atomic E-state index is 11.9. The van der Waals surface area contributed by atoms with Gasteiger partial charge in [-0.2, -0.15) is 0 Å². The predicted molar refractivity (Wildman–Crippen MR) is 82.7 cm³/mol. The van der Waals surface area contributed by atoms with Gasteiger partial charge in [0.1, 0.15) is 5.01 Å². The summed E-state index contributed by atoms with van der Waals surface area (Å²) in [4.78, 5) is 14.3. The number of amides is 2. The highest BCUT2D eigenvalue weighted by molar-refractivity contribution is 7.15. The molecule has 118 valence electrons. The fraction of sp³-hybridized carbons (Fsp3) is 0.769. The van der Waals surface area contributed by atoms with Crippen LogP contribution in [0.15, 0.2) is 0 Å². The molecule has 8 heteroatoms. The van der Waals surface area contributed by atoms with Crippen molar-refractivity contribution in [2.75, 3.05) is 38.2 Å². The van der Waals surface area contributed by atoms with Crippen LogP contribution >= 0.6 is 11.3 Å². The number of carbonyl (C=O) groups excluding carboxylic acids is 1. The molecule has 21 heavy (non-hydrogen) atoms. The summed E-state index contributed by atoms with van der Waals surface area (Å²) >= 11 is 1.36. The Morgan fingerprint density at radius 2 is 2.10 bits per heavy atom. The maximum Gasteiger partial charge on any atom is 0.321 e. The lowest BCUT2D eigenvalue weighted by atomic mass is 10.0. The summed E-state index contributed by atoms with van der Waals surface area (Å²) in [5.41, 5.74) is 0. The van der Waals surface area contributed by atoms with Crippen molar-refractivity contribution in [2.24, 2.45) is 5.92 Å². The highest BCUT2D eigenvalue weighted by Gasteiger charge is 2.24. The molecule has 1 aliphatic rings. The molecule has 1 saturated heterocycles. The number of morpholine rings is 1. The number of hydrogen-bond acceptors (Lipinski definition) is 6. The van der Waals surface area contributed by atoms with E-state index < -0.39 is 0 Å². The van der Waals surface area contributed by atoms with Crippen LogP contribution in [0.4, 0.5) is 9.93 Å². The minimum Gasteiger partial charge on any atom is -0.379 e. The third-order valence-electron chi connectivity index (χ3n) is 3.50. The van der Waals surface area contributed by atoms with Gasteiger partial charge in [-0.15, -0.1) is 10.2 Å². The Balaban J connectivity index is 1.81. The Kier molecular flexibility index (Phi) is 5.89. The van der Waals surface area contributed by atoms with Gasteiger partial charge < -0.3 is 10.1 Å². The number of anilines is 1. The van der Waals surface area contributed by atoms with Crippen molar-refractivity contribution in [1.82, 2.24) is 20.4 Å². The molecule has 0 saturated carbocycles. The minimum atomic E-state index is -0.231. The number of urea groups is 1. The van der Waals surface area contributed by atoms with Gasteiger partial charge in [0.15, 0.2) is 0 Å². The molecule has 1 fully saturated rings. The van der Waals surface area contributed by atoms with Crippen molar-refractivity contribution < 1.29 is 9.53 Å². The summed E-state index contributed by atoms with van der Waals surface area (Å²) in [6.07, 6.45) is 0. The highest BCUT2D eigenvalue weighted by Crippen LogP contribution is 2.14. The van der Waals surface area contributed by atoms with Gasteiger partial charge in [-0.05, 0) is 12.8 Å². The molecular weight excluding hydrogens is 290 g/mol. The monoisotopic (exact) mass is 313 g/mol. The Morgan fingerprint density at radius 1 is 1.38 bits per heavy atom. The van der Waals surface area contributed by atoms with Gasteiger partial charge in [0.25, 0.3) is 0 Å². The third kappa shape index (κ3) is 4.90. The number of rotatable bonds is 5. The van der Waals surface area contributed by atoms with Crippen molar-refractivity contribution in [3.05, 3.63) is 5.01 Å². The van der Waals surface area contributed by atoms with Crippen molar-refractivity contribution in [3.63, 3.8) is 0 Å². The first-order chi connectivity index (χ1) is 10.1. The lowest BCUT2D eigenvalue weighted by molar-refractivity contribution is 0.00728. The van der Waals surface area contributed by atoms with Gasteiger partial charge in [0.05, 0.1) is 13.2 Å². The van der Waals surface area contributed by atoms with E-state index in [4.69, 9.17) is 4.74 Å². The number of ether oxygens (including phenoxy) is 1. The Labute approximate surface area is 129 Å². The smallest absolute Gasteiger partial charge is 0.321 e. The summed E-state index contributed by atoms with van der Waals surface area (Å²) in [5, 5.41) is 14.7. The van der Waals surface area contributed by atoms with Gasteiger partial charge in [0, 0.05) is 25.7 Å². The van der Waals surface area contributed by atoms with Gasteiger partial charge >= 0.3 is 6.03 Å². The van der Waals surface area contributed by atoms with Crippen LogP contribution < -0.4 is 10.6 Å². The molecule has 0 radical (unpaired) electrons. The molecule has 1 atom stereocenters. The molecule has 2 rings (SSSR count). The van der Waals surface area contributed by atoms with Crippen LogP contribution in [0.5, 0.6) is 0 Å². The van der Waals surface area contributed by atoms with Crippen LogP contribution in [0.1, 0.15) is 18.9 Å². The molecule has 1 aliphatic heterocycles. The first-order valence-electron chi connectivity index (χ1n) is 7.23. The van der Waals surface area contributed by atoms with Gasteiger partial charge in [-0.1, -0.05) is 25.2 Å². The largest absolute Gasteiger partial charge is 0.379 e. The molecule has 0 spiro atoms. The molecule has 2 amide bonds. The highest BCUT2D eigenvalue weighted by atomic mass is 32.1. The van der Waals surface area contributed by atoms with Gasteiger partial charge in [-0.3, -0.25) is 10.2 Å². The average Bonchev–Trinajstić information content (AvgIpc) is 2.85. The third-order valence-corrected chi connectivity index (χ3v) is 4.26. The maximum atomic E-state index is 11.9.